The van der Waals surface area contributed by atoms with E-state index in [0.29, 0.717) is 11.4 Å². The number of fused-ring (bicyclic) bond motifs is 1. The van der Waals surface area contributed by atoms with Crippen LogP contribution < -0.4 is 9.96 Å². The minimum atomic E-state index is -4.55. The van der Waals surface area contributed by atoms with Crippen molar-refractivity contribution in [1.82, 2.24) is 0 Å². The van der Waals surface area contributed by atoms with E-state index in [1.165, 1.54) is 17.2 Å². The van der Waals surface area contributed by atoms with Gasteiger partial charge in [0.15, 0.2) is 6.10 Å². The van der Waals surface area contributed by atoms with Gasteiger partial charge >= 0.3 is 6.18 Å². The van der Waals surface area contributed by atoms with Gasteiger partial charge in [-0.3, -0.25) is 14.4 Å². The van der Waals surface area contributed by atoms with Gasteiger partial charge in [-0.1, -0.05) is 48.0 Å². The van der Waals surface area contributed by atoms with Crippen molar-refractivity contribution in [3.63, 3.8) is 0 Å². The number of para-hydroxylation sites is 1. The Kier molecular flexibility index (Phi) is 4.97. The van der Waals surface area contributed by atoms with Gasteiger partial charge < -0.3 is 0 Å². The van der Waals surface area contributed by atoms with Gasteiger partial charge in [0.2, 0.25) is 5.91 Å². The Morgan fingerprint density at radius 2 is 1.52 bits per heavy atom. The molecule has 33 heavy (non-hydrogen) atoms. The van der Waals surface area contributed by atoms with Crippen molar-refractivity contribution in [3.05, 3.63) is 95.6 Å². The van der Waals surface area contributed by atoms with Crippen LogP contribution in [0.5, 0.6) is 0 Å². The normalized spacial score (nSPS) is 22.7. The maximum atomic E-state index is 13.5. The fraction of sp³-hybridized carbons (Fsp3) is 0.200. The highest BCUT2D eigenvalue weighted by Gasteiger charge is 2.60. The summed E-state index contributed by atoms with van der Waals surface area (Å²) in [4.78, 5) is 33.8. The van der Waals surface area contributed by atoms with Crippen LogP contribution in [0.4, 0.5) is 24.5 Å². The maximum absolute atomic E-state index is 13.5. The fourth-order valence-electron chi connectivity index (χ4n) is 4.40. The first kappa shape index (κ1) is 21.2. The molecular formula is C25H19F3N2O3. The van der Waals surface area contributed by atoms with E-state index in [0.717, 1.165) is 22.6 Å². The van der Waals surface area contributed by atoms with Crippen LogP contribution in [0.15, 0.2) is 78.9 Å². The molecule has 3 aromatic rings. The van der Waals surface area contributed by atoms with Crippen molar-refractivity contribution >= 4 is 23.2 Å². The van der Waals surface area contributed by atoms with Crippen LogP contribution in [-0.2, 0) is 20.6 Å². The quantitative estimate of drug-likeness (QED) is 0.521. The number of benzene rings is 3. The van der Waals surface area contributed by atoms with Crippen LogP contribution in [0.1, 0.15) is 22.7 Å². The third-order valence-corrected chi connectivity index (χ3v) is 5.97. The van der Waals surface area contributed by atoms with Crippen LogP contribution in [-0.4, -0.2) is 17.9 Å². The van der Waals surface area contributed by atoms with Gasteiger partial charge in [-0.2, -0.15) is 13.2 Å². The molecule has 2 aliphatic rings. The number of amides is 2. The monoisotopic (exact) mass is 452 g/mol. The summed E-state index contributed by atoms with van der Waals surface area (Å²) >= 11 is 0. The van der Waals surface area contributed by atoms with E-state index in [9.17, 15) is 22.8 Å². The maximum Gasteiger partial charge on any atom is 0.416 e. The first-order chi connectivity index (χ1) is 15.8. The molecule has 2 heterocycles. The third-order valence-electron chi connectivity index (χ3n) is 5.97. The van der Waals surface area contributed by atoms with Crippen LogP contribution in [0, 0.1) is 12.8 Å². The molecular weight excluding hydrogens is 433 g/mol. The molecule has 2 saturated heterocycles. The molecule has 2 amide bonds. The zero-order valence-electron chi connectivity index (χ0n) is 17.5. The molecule has 8 heteroatoms. The molecule has 2 aliphatic heterocycles. The number of hydroxylamine groups is 1. The number of halogens is 3. The van der Waals surface area contributed by atoms with Gasteiger partial charge in [0.1, 0.15) is 5.92 Å². The van der Waals surface area contributed by atoms with Crippen LogP contribution in [0.3, 0.4) is 0 Å². The molecule has 3 aromatic carbocycles. The van der Waals surface area contributed by atoms with E-state index in [-0.39, 0.29) is 5.56 Å². The zero-order valence-corrected chi connectivity index (χ0v) is 17.5. The molecule has 0 N–H and O–H groups in total. The fourth-order valence-corrected chi connectivity index (χ4v) is 4.40. The third kappa shape index (κ3) is 3.56. The van der Waals surface area contributed by atoms with Gasteiger partial charge in [0.25, 0.3) is 5.91 Å². The van der Waals surface area contributed by atoms with E-state index in [4.69, 9.17) is 4.84 Å². The summed E-state index contributed by atoms with van der Waals surface area (Å²) in [6, 6.07) is 19.5. The van der Waals surface area contributed by atoms with Crippen molar-refractivity contribution < 1.29 is 27.6 Å². The molecule has 0 spiro atoms. The Bertz CT molecular complexity index is 1210. The van der Waals surface area contributed by atoms with Gasteiger partial charge in [-0.15, -0.1) is 0 Å². The second-order valence-electron chi connectivity index (χ2n) is 8.13. The molecule has 168 valence electrons. The van der Waals surface area contributed by atoms with Gasteiger partial charge in [-0.05, 0) is 48.9 Å². The summed E-state index contributed by atoms with van der Waals surface area (Å²) in [7, 11) is 0. The molecule has 5 rings (SSSR count). The second-order valence-corrected chi connectivity index (χ2v) is 8.13. The summed E-state index contributed by atoms with van der Waals surface area (Å²) in [6.45, 7) is 1.89. The van der Waals surface area contributed by atoms with E-state index in [2.05, 4.69) is 0 Å². The molecule has 0 bridgehead atoms. The van der Waals surface area contributed by atoms with Crippen molar-refractivity contribution in [3.8, 4) is 0 Å². The number of imide groups is 1. The van der Waals surface area contributed by atoms with Gasteiger partial charge in [-0.25, -0.2) is 9.96 Å². The number of rotatable bonds is 3. The highest BCUT2D eigenvalue weighted by molar-refractivity contribution is 6.23. The van der Waals surface area contributed by atoms with Crippen LogP contribution in [0.2, 0.25) is 0 Å². The van der Waals surface area contributed by atoms with E-state index in [1.807, 2.05) is 6.92 Å². The molecule has 3 atom stereocenters. The van der Waals surface area contributed by atoms with Crippen LogP contribution >= 0.6 is 0 Å². The highest BCUT2D eigenvalue weighted by atomic mass is 19.4. The first-order valence-electron chi connectivity index (χ1n) is 10.4. The summed E-state index contributed by atoms with van der Waals surface area (Å²) in [5.74, 6) is -2.04. The number of carbonyl (C=O) groups excluding carboxylic acids is 2. The highest BCUT2D eigenvalue weighted by Crippen LogP contribution is 2.48. The zero-order chi connectivity index (χ0) is 23.3. The lowest BCUT2D eigenvalue weighted by atomic mass is 9.89. The Morgan fingerprint density at radius 1 is 0.818 bits per heavy atom. The second kappa shape index (κ2) is 7.74. The lowest BCUT2D eigenvalue weighted by Gasteiger charge is -2.29. The Labute approximate surface area is 187 Å². The smallest absolute Gasteiger partial charge is 0.273 e. The predicted molar refractivity (Wildman–Crippen MR) is 115 cm³/mol. The molecule has 0 aromatic heterocycles. The van der Waals surface area contributed by atoms with Crippen molar-refractivity contribution in [1.29, 1.82) is 0 Å². The largest absolute Gasteiger partial charge is 0.416 e. The standard InChI is InChI=1S/C25H19F3N2O3/c1-15-10-12-18(13-11-15)29-23(31)20-21(16-6-5-7-17(14-16)25(26,27)28)30(33-22(20)24(29)32)19-8-3-2-4-9-19/h2-14,20-22H,1H3/t20-,21-,22+/m1/s1. The van der Waals surface area contributed by atoms with Crippen molar-refractivity contribution in [2.24, 2.45) is 5.92 Å². The average molecular weight is 452 g/mol. The minimum absolute atomic E-state index is 0.244. The SMILES string of the molecule is Cc1ccc(N2C(=O)[C@H]3[C@H](ON(c4ccccc4)[C@@H]3c3cccc(C(F)(F)F)c3)C2=O)cc1. The Balaban J connectivity index is 1.60. The number of anilines is 2. The molecule has 2 fully saturated rings. The number of carbonyl (C=O) groups is 2. The molecule has 0 radical (unpaired) electrons. The van der Waals surface area contributed by atoms with E-state index >= 15 is 0 Å². The van der Waals surface area contributed by atoms with Crippen molar-refractivity contribution in [2.75, 3.05) is 9.96 Å². The molecule has 5 nitrogen and oxygen atoms in total. The first-order valence-corrected chi connectivity index (χ1v) is 10.4. The number of alkyl halides is 3. The number of aryl methyl sites for hydroxylation is 1. The predicted octanol–water partition coefficient (Wildman–Crippen LogP) is 5.06. The number of hydrogen-bond acceptors (Lipinski definition) is 4. The average Bonchev–Trinajstić information content (AvgIpc) is 3.31. The Hall–Kier alpha value is -3.65. The number of nitrogens with zero attached hydrogens (tertiary/aromatic N) is 2. The van der Waals surface area contributed by atoms with Crippen molar-refractivity contribution in [2.45, 2.75) is 25.2 Å². The number of hydrogen-bond donors (Lipinski definition) is 0. The lowest BCUT2D eigenvalue weighted by Crippen LogP contribution is -2.37. The molecule has 0 aliphatic carbocycles. The van der Waals surface area contributed by atoms with Gasteiger partial charge in [0, 0.05) is 0 Å². The van der Waals surface area contributed by atoms with E-state index < -0.39 is 41.6 Å². The summed E-state index contributed by atoms with van der Waals surface area (Å²) in [5.41, 5.74) is 1.32. The Morgan fingerprint density at radius 3 is 2.18 bits per heavy atom. The lowest BCUT2D eigenvalue weighted by molar-refractivity contribution is -0.137. The topological polar surface area (TPSA) is 49.9 Å². The minimum Gasteiger partial charge on any atom is -0.273 e. The summed E-state index contributed by atoms with van der Waals surface area (Å²) in [6.07, 6.45) is -5.69. The summed E-state index contributed by atoms with van der Waals surface area (Å²) < 4.78 is 40.3. The molecule has 0 unspecified atom stereocenters. The van der Waals surface area contributed by atoms with E-state index in [1.54, 1.807) is 54.6 Å². The van der Waals surface area contributed by atoms with Crippen LogP contribution in [0.25, 0.3) is 0 Å². The summed E-state index contributed by atoms with van der Waals surface area (Å²) in [5, 5.41) is 1.38. The van der Waals surface area contributed by atoms with Gasteiger partial charge in [0.05, 0.1) is 23.0 Å². The molecule has 0 saturated carbocycles.